The summed E-state index contributed by atoms with van der Waals surface area (Å²) in [5.41, 5.74) is 1.73. The number of hydrogen-bond donors (Lipinski definition) is 2. The first-order valence-electron chi connectivity index (χ1n) is 9.49. The van der Waals surface area contributed by atoms with Gasteiger partial charge in [-0.15, -0.1) is 10.2 Å². The van der Waals surface area contributed by atoms with E-state index in [9.17, 15) is 14.4 Å². The van der Waals surface area contributed by atoms with E-state index < -0.39 is 30.3 Å². The van der Waals surface area contributed by atoms with Gasteiger partial charge in [0.25, 0.3) is 0 Å². The molecule has 2 aromatic heterocycles. The molecule has 0 aliphatic carbocycles. The van der Waals surface area contributed by atoms with E-state index in [4.69, 9.17) is 9.84 Å². The number of carboxylic acids is 1. The molecule has 1 atom stereocenters. The lowest BCUT2D eigenvalue weighted by atomic mass is 10.1. The predicted octanol–water partition coefficient (Wildman–Crippen LogP) is 0.941. The van der Waals surface area contributed by atoms with Crippen LogP contribution in [-0.2, 0) is 40.9 Å². The van der Waals surface area contributed by atoms with Crippen molar-refractivity contribution in [3.05, 3.63) is 65.7 Å². The standard InChI is InChI=1S/C20H22N6O5/c1-25-9-5-8-15(25)10-18-22-24-26(23-18)12-17(27)16(11-19(28)29)21-20(30)31-13-14-6-3-2-4-7-14/h2-9,16H,10-13H2,1H3,(H,21,30)(H,28,29). The van der Waals surface area contributed by atoms with Crippen molar-refractivity contribution in [3.8, 4) is 0 Å². The number of nitrogens with zero attached hydrogens (tertiary/aromatic N) is 5. The first kappa shape index (κ1) is 21.7. The Balaban J connectivity index is 1.57. The van der Waals surface area contributed by atoms with Gasteiger partial charge >= 0.3 is 12.1 Å². The van der Waals surface area contributed by atoms with E-state index in [-0.39, 0.29) is 13.2 Å². The highest BCUT2D eigenvalue weighted by molar-refractivity contribution is 5.90. The quantitative estimate of drug-likeness (QED) is 0.488. The summed E-state index contributed by atoms with van der Waals surface area (Å²) in [4.78, 5) is 36.8. The minimum Gasteiger partial charge on any atom is -0.481 e. The van der Waals surface area contributed by atoms with Crippen molar-refractivity contribution in [2.75, 3.05) is 0 Å². The summed E-state index contributed by atoms with van der Waals surface area (Å²) < 4.78 is 6.98. The lowest BCUT2D eigenvalue weighted by Gasteiger charge is -2.15. The van der Waals surface area contributed by atoms with Crippen LogP contribution in [0.15, 0.2) is 48.7 Å². The van der Waals surface area contributed by atoms with Crippen LogP contribution in [-0.4, -0.2) is 53.8 Å². The van der Waals surface area contributed by atoms with Crippen LogP contribution in [0.4, 0.5) is 4.79 Å². The third kappa shape index (κ3) is 6.49. The van der Waals surface area contributed by atoms with E-state index in [1.807, 2.05) is 36.0 Å². The van der Waals surface area contributed by atoms with E-state index in [0.717, 1.165) is 16.1 Å². The Morgan fingerprint density at radius 3 is 2.61 bits per heavy atom. The maximum Gasteiger partial charge on any atom is 0.408 e. The summed E-state index contributed by atoms with van der Waals surface area (Å²) in [6.45, 7) is -0.342. The van der Waals surface area contributed by atoms with Crippen LogP contribution in [0, 0.1) is 0 Å². The zero-order valence-electron chi connectivity index (χ0n) is 16.8. The summed E-state index contributed by atoms with van der Waals surface area (Å²) in [6.07, 6.45) is 0.840. The fraction of sp³-hybridized carbons (Fsp3) is 0.300. The van der Waals surface area contributed by atoms with E-state index in [0.29, 0.717) is 12.2 Å². The number of carbonyl (C=O) groups is 3. The van der Waals surface area contributed by atoms with Crippen LogP contribution in [0.1, 0.15) is 23.5 Å². The van der Waals surface area contributed by atoms with Crippen molar-refractivity contribution in [3.63, 3.8) is 0 Å². The molecule has 2 N–H and O–H groups in total. The van der Waals surface area contributed by atoms with Crippen LogP contribution >= 0.6 is 0 Å². The number of nitrogens with one attached hydrogen (secondary N) is 1. The molecule has 0 radical (unpaired) electrons. The molecule has 3 aromatic rings. The van der Waals surface area contributed by atoms with E-state index in [1.165, 1.54) is 0 Å². The van der Waals surface area contributed by atoms with Crippen LogP contribution in [0.5, 0.6) is 0 Å². The molecule has 162 valence electrons. The van der Waals surface area contributed by atoms with Crippen molar-refractivity contribution in [1.82, 2.24) is 30.1 Å². The molecule has 3 rings (SSSR count). The number of carboxylic acid groups (broad SMARTS) is 1. The normalized spacial score (nSPS) is 11.6. The second-order valence-corrected chi connectivity index (χ2v) is 6.85. The van der Waals surface area contributed by atoms with Gasteiger partial charge in [0.1, 0.15) is 19.2 Å². The number of aromatic nitrogens is 5. The molecule has 0 aliphatic rings. The molecule has 0 saturated heterocycles. The molecule has 0 aliphatic heterocycles. The van der Waals surface area contributed by atoms with Gasteiger partial charge in [0, 0.05) is 18.9 Å². The molecular formula is C20H22N6O5. The average molecular weight is 426 g/mol. The molecule has 11 heteroatoms. The highest BCUT2D eigenvalue weighted by atomic mass is 16.5. The maximum absolute atomic E-state index is 12.6. The van der Waals surface area contributed by atoms with Crippen molar-refractivity contribution in [1.29, 1.82) is 0 Å². The van der Waals surface area contributed by atoms with Crippen molar-refractivity contribution < 1.29 is 24.2 Å². The van der Waals surface area contributed by atoms with Gasteiger partial charge in [-0.3, -0.25) is 9.59 Å². The molecule has 1 amide bonds. The molecule has 0 spiro atoms. The number of alkyl carbamates (subject to hydrolysis) is 1. The smallest absolute Gasteiger partial charge is 0.408 e. The second kappa shape index (κ2) is 10.1. The first-order chi connectivity index (χ1) is 14.9. The van der Waals surface area contributed by atoms with Gasteiger partial charge in [0.2, 0.25) is 0 Å². The average Bonchev–Trinajstić information content (AvgIpc) is 3.35. The summed E-state index contributed by atoms with van der Waals surface area (Å²) in [5.74, 6) is -1.40. The molecule has 1 unspecified atom stereocenters. The number of ether oxygens (including phenoxy) is 1. The zero-order valence-corrected chi connectivity index (χ0v) is 16.8. The first-order valence-corrected chi connectivity index (χ1v) is 9.49. The van der Waals surface area contributed by atoms with Gasteiger partial charge < -0.3 is 19.7 Å². The summed E-state index contributed by atoms with van der Waals surface area (Å²) in [6, 6.07) is 11.5. The van der Waals surface area contributed by atoms with E-state index >= 15 is 0 Å². The van der Waals surface area contributed by atoms with Gasteiger partial charge in [-0.25, -0.2) is 4.79 Å². The Bertz CT molecular complexity index is 1050. The predicted molar refractivity (Wildman–Crippen MR) is 107 cm³/mol. The van der Waals surface area contributed by atoms with Crippen LogP contribution in [0.3, 0.4) is 0 Å². The van der Waals surface area contributed by atoms with Crippen molar-refractivity contribution in [2.24, 2.45) is 7.05 Å². The van der Waals surface area contributed by atoms with Crippen LogP contribution < -0.4 is 5.32 Å². The van der Waals surface area contributed by atoms with Crippen LogP contribution in [0.2, 0.25) is 0 Å². The lowest BCUT2D eigenvalue weighted by Crippen LogP contribution is -2.44. The van der Waals surface area contributed by atoms with Gasteiger partial charge in [-0.1, -0.05) is 30.3 Å². The molecule has 0 bridgehead atoms. The number of ketones is 1. The Morgan fingerprint density at radius 2 is 1.94 bits per heavy atom. The topological polar surface area (TPSA) is 141 Å². The van der Waals surface area contributed by atoms with Gasteiger partial charge in [0.15, 0.2) is 11.6 Å². The summed E-state index contributed by atoms with van der Waals surface area (Å²) >= 11 is 0. The van der Waals surface area contributed by atoms with E-state index in [2.05, 4.69) is 20.7 Å². The third-order valence-electron chi connectivity index (χ3n) is 4.45. The Labute approximate surface area is 177 Å². The maximum atomic E-state index is 12.6. The molecule has 0 saturated carbocycles. The highest BCUT2D eigenvalue weighted by Crippen LogP contribution is 2.06. The Hall–Kier alpha value is -4.02. The van der Waals surface area contributed by atoms with Gasteiger partial charge in [-0.05, 0) is 22.9 Å². The SMILES string of the molecule is Cn1cccc1Cc1nnn(CC(=O)C(CC(=O)O)NC(=O)OCc2ccccc2)n1. The number of Topliss-reactive ketones (excluding diaryl/α,β-unsaturated/α-hetero) is 1. The van der Waals surface area contributed by atoms with Crippen molar-refractivity contribution in [2.45, 2.75) is 32.0 Å². The number of benzene rings is 1. The van der Waals surface area contributed by atoms with Crippen LogP contribution in [0.25, 0.3) is 0 Å². The van der Waals surface area contributed by atoms with Crippen molar-refractivity contribution >= 4 is 17.8 Å². The fourth-order valence-corrected chi connectivity index (χ4v) is 2.83. The number of rotatable bonds is 10. The van der Waals surface area contributed by atoms with Gasteiger partial charge in [-0.2, -0.15) is 4.80 Å². The van der Waals surface area contributed by atoms with Gasteiger partial charge in [0.05, 0.1) is 12.8 Å². The molecular weight excluding hydrogens is 404 g/mol. The zero-order chi connectivity index (χ0) is 22.2. The Morgan fingerprint density at radius 1 is 1.16 bits per heavy atom. The summed E-state index contributed by atoms with van der Waals surface area (Å²) in [7, 11) is 1.89. The number of tetrazole rings is 1. The van der Waals surface area contributed by atoms with E-state index in [1.54, 1.807) is 24.3 Å². The molecule has 2 heterocycles. The monoisotopic (exact) mass is 426 g/mol. The minimum absolute atomic E-state index is 0.00615. The highest BCUT2D eigenvalue weighted by Gasteiger charge is 2.25. The minimum atomic E-state index is -1.29. The largest absolute Gasteiger partial charge is 0.481 e. The number of aryl methyl sites for hydroxylation is 1. The number of aliphatic carboxylic acids is 1. The lowest BCUT2D eigenvalue weighted by molar-refractivity contribution is -0.139. The fourth-order valence-electron chi connectivity index (χ4n) is 2.83. The number of carbonyl (C=O) groups excluding carboxylic acids is 2. The molecule has 11 nitrogen and oxygen atoms in total. The summed E-state index contributed by atoms with van der Waals surface area (Å²) in [5, 5.41) is 23.3. The number of amides is 1. The Kier molecular flexibility index (Phi) is 7.09. The molecule has 0 fully saturated rings. The third-order valence-corrected chi connectivity index (χ3v) is 4.45. The molecule has 31 heavy (non-hydrogen) atoms. The second-order valence-electron chi connectivity index (χ2n) is 6.85. The molecule has 1 aromatic carbocycles. The number of hydrogen-bond acceptors (Lipinski definition) is 7.